The first-order valence-corrected chi connectivity index (χ1v) is 11.1. The highest BCUT2D eigenvalue weighted by Gasteiger charge is 2.50. The van der Waals surface area contributed by atoms with Crippen molar-refractivity contribution in [1.82, 2.24) is 0 Å². The fraction of sp³-hybridized carbons (Fsp3) is 0.640. The van der Waals surface area contributed by atoms with E-state index in [2.05, 4.69) is 37.8 Å². The standard InChI is InChI=1S/C25H39NO/c1-3-4-5-6-7-8-9-10-11-12-13-22-14-16-23(17-15-22)20-24(27)25(18-19-25)21(2)26/h14-17H,2-13,18-20,26H2,1H3. The van der Waals surface area contributed by atoms with Crippen LogP contribution in [0.5, 0.6) is 0 Å². The molecule has 0 radical (unpaired) electrons. The normalized spacial score (nSPS) is 14.9. The number of aryl methyl sites for hydroxylation is 1. The van der Waals surface area contributed by atoms with Gasteiger partial charge < -0.3 is 5.73 Å². The summed E-state index contributed by atoms with van der Waals surface area (Å²) < 4.78 is 0. The predicted octanol–water partition coefficient (Wildman–Crippen LogP) is 6.51. The molecule has 1 fully saturated rings. The third-order valence-corrected chi connectivity index (χ3v) is 6.11. The SMILES string of the molecule is C=C(N)C1(C(=O)Cc2ccc(CCCCCCCCCCCC)cc2)CC1. The van der Waals surface area contributed by atoms with Crippen molar-refractivity contribution >= 4 is 5.78 Å². The maximum absolute atomic E-state index is 12.5. The second-order valence-electron chi connectivity index (χ2n) is 8.46. The number of carbonyl (C=O) groups excluding carboxylic acids is 1. The Labute approximate surface area is 166 Å². The molecule has 0 bridgehead atoms. The predicted molar refractivity (Wildman–Crippen MR) is 116 cm³/mol. The van der Waals surface area contributed by atoms with Crippen molar-refractivity contribution in [2.75, 3.05) is 0 Å². The van der Waals surface area contributed by atoms with Crippen molar-refractivity contribution in [3.63, 3.8) is 0 Å². The van der Waals surface area contributed by atoms with Gasteiger partial charge in [-0.1, -0.05) is 95.6 Å². The van der Waals surface area contributed by atoms with Crippen LogP contribution in [0.25, 0.3) is 0 Å². The Hall–Kier alpha value is -1.57. The van der Waals surface area contributed by atoms with Crippen LogP contribution in [0.15, 0.2) is 36.5 Å². The van der Waals surface area contributed by atoms with E-state index in [4.69, 9.17) is 5.73 Å². The highest BCUT2D eigenvalue weighted by atomic mass is 16.1. The number of allylic oxidation sites excluding steroid dienone is 1. The number of Topliss-reactive ketones (excluding diaryl/α,β-unsaturated/α-hetero) is 1. The lowest BCUT2D eigenvalue weighted by Crippen LogP contribution is -2.24. The lowest BCUT2D eigenvalue weighted by molar-refractivity contribution is -0.122. The van der Waals surface area contributed by atoms with Crippen LogP contribution >= 0.6 is 0 Å². The minimum atomic E-state index is -0.408. The minimum absolute atomic E-state index is 0.234. The maximum atomic E-state index is 12.5. The van der Waals surface area contributed by atoms with Crippen LogP contribution in [0.3, 0.4) is 0 Å². The smallest absolute Gasteiger partial charge is 0.149 e. The van der Waals surface area contributed by atoms with Gasteiger partial charge >= 0.3 is 0 Å². The minimum Gasteiger partial charge on any atom is -0.402 e. The molecule has 0 unspecified atom stereocenters. The zero-order valence-corrected chi connectivity index (χ0v) is 17.4. The molecule has 1 saturated carbocycles. The van der Waals surface area contributed by atoms with Gasteiger partial charge in [-0.3, -0.25) is 4.79 Å². The Morgan fingerprint density at radius 1 is 0.889 bits per heavy atom. The van der Waals surface area contributed by atoms with Crippen molar-refractivity contribution in [3.05, 3.63) is 47.7 Å². The Morgan fingerprint density at radius 3 is 1.85 bits per heavy atom. The topological polar surface area (TPSA) is 43.1 Å². The molecular weight excluding hydrogens is 330 g/mol. The average molecular weight is 370 g/mol. The number of unbranched alkanes of at least 4 members (excludes halogenated alkanes) is 9. The molecule has 1 aliphatic rings. The molecule has 0 amide bonds. The number of benzene rings is 1. The molecule has 2 N–H and O–H groups in total. The van der Waals surface area contributed by atoms with Crippen molar-refractivity contribution < 1.29 is 4.79 Å². The number of carbonyl (C=O) groups is 1. The van der Waals surface area contributed by atoms with E-state index >= 15 is 0 Å². The van der Waals surface area contributed by atoms with Crippen LogP contribution in [-0.4, -0.2) is 5.78 Å². The molecule has 0 aliphatic heterocycles. The van der Waals surface area contributed by atoms with Crippen molar-refractivity contribution in [3.8, 4) is 0 Å². The Balaban J connectivity index is 1.57. The third-order valence-electron chi connectivity index (χ3n) is 6.11. The van der Waals surface area contributed by atoms with Crippen LogP contribution < -0.4 is 5.73 Å². The van der Waals surface area contributed by atoms with Gasteiger partial charge in [0, 0.05) is 12.1 Å². The van der Waals surface area contributed by atoms with Crippen LogP contribution in [0.1, 0.15) is 95.1 Å². The fourth-order valence-corrected chi connectivity index (χ4v) is 3.90. The van der Waals surface area contributed by atoms with E-state index in [1.165, 1.54) is 69.8 Å². The van der Waals surface area contributed by atoms with Gasteiger partial charge in [0.25, 0.3) is 0 Å². The average Bonchev–Trinajstić information content (AvgIpc) is 3.47. The van der Waals surface area contributed by atoms with E-state index in [0.29, 0.717) is 12.1 Å². The van der Waals surface area contributed by atoms with Gasteiger partial charge in [0.05, 0.1) is 5.41 Å². The molecule has 150 valence electrons. The van der Waals surface area contributed by atoms with Gasteiger partial charge in [-0.05, 0) is 36.8 Å². The second-order valence-corrected chi connectivity index (χ2v) is 8.46. The van der Waals surface area contributed by atoms with Crippen LogP contribution in [0.4, 0.5) is 0 Å². The summed E-state index contributed by atoms with van der Waals surface area (Å²) >= 11 is 0. The van der Waals surface area contributed by atoms with Crippen LogP contribution in [0, 0.1) is 5.41 Å². The van der Waals surface area contributed by atoms with E-state index in [1.54, 1.807) is 0 Å². The lowest BCUT2D eigenvalue weighted by atomic mass is 9.92. The fourth-order valence-electron chi connectivity index (χ4n) is 3.90. The van der Waals surface area contributed by atoms with Gasteiger partial charge in [-0.2, -0.15) is 0 Å². The summed E-state index contributed by atoms with van der Waals surface area (Å²) in [6.45, 7) is 6.07. The molecule has 2 nitrogen and oxygen atoms in total. The largest absolute Gasteiger partial charge is 0.402 e. The molecule has 2 rings (SSSR count). The first-order chi connectivity index (χ1) is 13.1. The monoisotopic (exact) mass is 369 g/mol. The Morgan fingerprint density at radius 2 is 1.37 bits per heavy atom. The van der Waals surface area contributed by atoms with Crippen LogP contribution in [0.2, 0.25) is 0 Å². The number of ketones is 1. The molecule has 27 heavy (non-hydrogen) atoms. The van der Waals surface area contributed by atoms with Crippen molar-refractivity contribution in [2.24, 2.45) is 11.1 Å². The molecule has 2 heteroatoms. The molecule has 1 aromatic rings. The van der Waals surface area contributed by atoms with Gasteiger partial charge in [0.2, 0.25) is 0 Å². The number of nitrogens with two attached hydrogens (primary N) is 1. The third kappa shape index (κ3) is 7.16. The summed E-state index contributed by atoms with van der Waals surface area (Å²) in [4.78, 5) is 12.5. The summed E-state index contributed by atoms with van der Waals surface area (Å²) in [6, 6.07) is 8.60. The summed E-state index contributed by atoms with van der Waals surface area (Å²) in [5.74, 6) is 0.234. The molecule has 0 saturated heterocycles. The van der Waals surface area contributed by atoms with E-state index in [1.807, 2.05) is 0 Å². The Bertz CT molecular complexity index is 583. The molecule has 0 spiro atoms. The lowest BCUT2D eigenvalue weighted by Gasteiger charge is -2.13. The summed E-state index contributed by atoms with van der Waals surface area (Å²) in [7, 11) is 0. The molecule has 0 atom stereocenters. The van der Waals surface area contributed by atoms with Gasteiger partial charge in [-0.15, -0.1) is 0 Å². The summed E-state index contributed by atoms with van der Waals surface area (Å²) in [5, 5.41) is 0. The molecule has 0 heterocycles. The Kier molecular flexibility index (Phi) is 9.10. The van der Waals surface area contributed by atoms with Gasteiger partial charge in [0.1, 0.15) is 5.78 Å². The summed E-state index contributed by atoms with van der Waals surface area (Å²) in [6.07, 6.45) is 17.1. The molecular formula is C25H39NO. The van der Waals surface area contributed by atoms with E-state index in [0.717, 1.165) is 24.8 Å². The highest BCUT2D eigenvalue weighted by Crippen LogP contribution is 2.50. The van der Waals surface area contributed by atoms with E-state index in [-0.39, 0.29) is 5.78 Å². The quantitative estimate of drug-likeness (QED) is 0.358. The van der Waals surface area contributed by atoms with Crippen LogP contribution in [-0.2, 0) is 17.6 Å². The number of hydrogen-bond acceptors (Lipinski definition) is 2. The zero-order chi connectivity index (χ0) is 19.5. The summed E-state index contributed by atoms with van der Waals surface area (Å²) in [5.41, 5.74) is 8.44. The van der Waals surface area contributed by atoms with Crippen molar-refractivity contribution in [2.45, 2.75) is 96.8 Å². The number of rotatable bonds is 15. The first kappa shape index (κ1) is 21.7. The first-order valence-electron chi connectivity index (χ1n) is 11.1. The van der Waals surface area contributed by atoms with E-state index in [9.17, 15) is 4.79 Å². The zero-order valence-electron chi connectivity index (χ0n) is 17.4. The molecule has 0 aromatic heterocycles. The molecule has 1 aliphatic carbocycles. The number of hydrogen-bond donors (Lipinski definition) is 1. The van der Waals surface area contributed by atoms with E-state index < -0.39 is 5.41 Å². The highest BCUT2D eigenvalue weighted by molar-refractivity contribution is 5.91. The van der Waals surface area contributed by atoms with Gasteiger partial charge in [0.15, 0.2) is 0 Å². The van der Waals surface area contributed by atoms with Crippen molar-refractivity contribution in [1.29, 1.82) is 0 Å². The molecule has 1 aromatic carbocycles. The second kappa shape index (κ2) is 11.3. The van der Waals surface area contributed by atoms with Gasteiger partial charge in [-0.25, -0.2) is 0 Å². The maximum Gasteiger partial charge on any atom is 0.149 e.